The summed E-state index contributed by atoms with van der Waals surface area (Å²) < 4.78 is 51.6. The molecule has 0 aromatic heterocycles. The molecule has 2 N–H and O–H groups in total. The molecule has 0 bridgehead atoms. The topological polar surface area (TPSA) is 105 Å². The molecule has 3 rings (SSSR count). The molecular weight excluding hydrogens is 425 g/mol. The van der Waals surface area contributed by atoms with E-state index < -0.39 is 16.0 Å². The van der Waals surface area contributed by atoms with Crippen LogP contribution in [-0.4, -0.2) is 27.6 Å². The van der Waals surface area contributed by atoms with Crippen LogP contribution < -0.4 is 14.6 Å². The number of sulfonamides is 1. The smallest absolute Gasteiger partial charge is 0.338 e. The van der Waals surface area contributed by atoms with Gasteiger partial charge in [0.25, 0.3) is 0 Å². The lowest BCUT2D eigenvalue weighted by molar-refractivity contribution is 0.0450. The van der Waals surface area contributed by atoms with Crippen molar-refractivity contribution in [1.29, 1.82) is 0 Å². The largest absolute Gasteiger partial charge is 0.490 e. The van der Waals surface area contributed by atoms with E-state index in [1.165, 1.54) is 36.4 Å². The van der Waals surface area contributed by atoms with Crippen LogP contribution in [0.2, 0.25) is 0 Å². The molecule has 3 aromatic carbocycles. The lowest BCUT2D eigenvalue weighted by Gasteiger charge is -2.10. The number of carbonyl (C=O) groups is 1. The highest BCUT2D eigenvalue weighted by molar-refractivity contribution is 7.89. The van der Waals surface area contributed by atoms with Gasteiger partial charge in [-0.2, -0.15) is 0 Å². The van der Waals surface area contributed by atoms with Crippen molar-refractivity contribution in [2.75, 3.05) is 13.2 Å². The maximum Gasteiger partial charge on any atom is 0.338 e. The van der Waals surface area contributed by atoms with Gasteiger partial charge in [-0.1, -0.05) is 18.2 Å². The number of hydrogen-bond acceptors (Lipinski definition) is 6. The summed E-state index contributed by atoms with van der Waals surface area (Å²) in [5.41, 5.74) is 1.11. The van der Waals surface area contributed by atoms with Gasteiger partial charge in [0.15, 0.2) is 0 Å². The van der Waals surface area contributed by atoms with Crippen LogP contribution in [0.25, 0.3) is 0 Å². The number of rotatable bonds is 9. The molecule has 9 heteroatoms. The summed E-state index contributed by atoms with van der Waals surface area (Å²) in [5, 5.41) is 5.03. The molecule has 0 heterocycles. The minimum Gasteiger partial charge on any atom is -0.490 e. The number of nitrogens with two attached hydrogens (primary N) is 1. The highest BCUT2D eigenvalue weighted by atomic mass is 32.2. The average molecular weight is 445 g/mol. The van der Waals surface area contributed by atoms with Crippen molar-refractivity contribution in [3.8, 4) is 11.5 Å². The first-order chi connectivity index (χ1) is 14.8. The van der Waals surface area contributed by atoms with Crippen molar-refractivity contribution in [1.82, 2.24) is 0 Å². The van der Waals surface area contributed by atoms with Gasteiger partial charge in [0.1, 0.15) is 37.1 Å². The Hall–Kier alpha value is -3.43. The van der Waals surface area contributed by atoms with Gasteiger partial charge < -0.3 is 14.2 Å². The predicted octanol–water partition coefficient (Wildman–Crippen LogP) is 3.29. The van der Waals surface area contributed by atoms with Gasteiger partial charge >= 0.3 is 5.97 Å². The minimum atomic E-state index is -3.76. The van der Waals surface area contributed by atoms with E-state index in [-0.39, 0.29) is 30.5 Å². The first-order valence-electron chi connectivity index (χ1n) is 9.21. The Morgan fingerprint density at radius 2 is 1.58 bits per heavy atom. The lowest BCUT2D eigenvalue weighted by atomic mass is 10.2. The quantitative estimate of drug-likeness (QED) is 0.400. The molecule has 0 atom stereocenters. The third-order valence-electron chi connectivity index (χ3n) is 4.13. The first-order valence-corrected chi connectivity index (χ1v) is 10.8. The minimum absolute atomic E-state index is 0.00354. The van der Waals surface area contributed by atoms with Gasteiger partial charge in [0, 0.05) is 0 Å². The molecule has 0 aliphatic carbocycles. The highest BCUT2D eigenvalue weighted by Crippen LogP contribution is 2.17. The summed E-state index contributed by atoms with van der Waals surface area (Å²) in [7, 11) is -3.76. The van der Waals surface area contributed by atoms with Crippen LogP contribution in [0.3, 0.4) is 0 Å². The van der Waals surface area contributed by atoms with Crippen molar-refractivity contribution >= 4 is 16.0 Å². The molecule has 0 unspecified atom stereocenters. The van der Waals surface area contributed by atoms with E-state index in [9.17, 15) is 17.6 Å². The second-order valence-electron chi connectivity index (χ2n) is 6.44. The molecule has 0 spiro atoms. The summed E-state index contributed by atoms with van der Waals surface area (Å²) in [4.78, 5) is 12.2. The average Bonchev–Trinajstić information content (AvgIpc) is 2.76. The van der Waals surface area contributed by atoms with Crippen molar-refractivity contribution in [3.63, 3.8) is 0 Å². The normalized spacial score (nSPS) is 11.0. The zero-order valence-electron chi connectivity index (χ0n) is 16.4. The van der Waals surface area contributed by atoms with Crippen LogP contribution >= 0.6 is 0 Å². The zero-order chi connectivity index (χ0) is 22.3. The molecule has 0 radical (unpaired) electrons. The van der Waals surface area contributed by atoms with Crippen LogP contribution in [0.1, 0.15) is 15.9 Å². The summed E-state index contributed by atoms with van der Waals surface area (Å²) in [6.45, 7) is 0.314. The second-order valence-corrected chi connectivity index (χ2v) is 8.01. The predicted molar refractivity (Wildman–Crippen MR) is 111 cm³/mol. The van der Waals surface area contributed by atoms with Crippen LogP contribution in [0.15, 0.2) is 77.7 Å². The van der Waals surface area contributed by atoms with E-state index in [0.717, 1.165) is 5.56 Å². The molecule has 0 fully saturated rings. The van der Waals surface area contributed by atoms with Crippen molar-refractivity contribution in [3.05, 3.63) is 89.7 Å². The molecular formula is C22H20FNO6S. The second kappa shape index (κ2) is 10.1. The van der Waals surface area contributed by atoms with E-state index in [4.69, 9.17) is 19.3 Å². The zero-order valence-corrected chi connectivity index (χ0v) is 17.2. The molecule has 3 aromatic rings. The fourth-order valence-electron chi connectivity index (χ4n) is 2.56. The third kappa shape index (κ3) is 6.80. The van der Waals surface area contributed by atoms with E-state index in [1.54, 1.807) is 36.4 Å². The monoisotopic (exact) mass is 445 g/mol. The Morgan fingerprint density at radius 1 is 0.871 bits per heavy atom. The SMILES string of the molecule is NS(=O)(=O)c1ccc(OCCOC(=O)c2cccc(OCc3ccc(F)cc3)c2)cc1. The van der Waals surface area contributed by atoms with Crippen molar-refractivity contribution < 1.29 is 31.8 Å². The number of halogens is 1. The Kier molecular flexibility index (Phi) is 7.22. The molecule has 0 aliphatic rings. The Labute approximate surface area is 179 Å². The number of benzene rings is 3. The van der Waals surface area contributed by atoms with Crippen LogP contribution in [0, 0.1) is 5.82 Å². The Bertz CT molecular complexity index is 1130. The van der Waals surface area contributed by atoms with Gasteiger partial charge in [-0.3, -0.25) is 0 Å². The molecule has 7 nitrogen and oxygen atoms in total. The highest BCUT2D eigenvalue weighted by Gasteiger charge is 2.10. The molecule has 0 aliphatic heterocycles. The summed E-state index contributed by atoms with van der Waals surface area (Å²) >= 11 is 0. The van der Waals surface area contributed by atoms with E-state index in [0.29, 0.717) is 17.1 Å². The maximum absolute atomic E-state index is 12.9. The van der Waals surface area contributed by atoms with Crippen molar-refractivity contribution in [2.24, 2.45) is 5.14 Å². The molecule has 0 saturated heterocycles. The van der Waals surface area contributed by atoms with Gasteiger partial charge in [-0.25, -0.2) is 22.7 Å². The molecule has 31 heavy (non-hydrogen) atoms. The molecule has 0 saturated carbocycles. The fraction of sp³-hybridized carbons (Fsp3) is 0.136. The summed E-state index contributed by atoms with van der Waals surface area (Å²) in [6, 6.07) is 18.0. The van der Waals surface area contributed by atoms with Crippen LogP contribution in [0.4, 0.5) is 4.39 Å². The van der Waals surface area contributed by atoms with Crippen molar-refractivity contribution in [2.45, 2.75) is 11.5 Å². The molecule has 0 amide bonds. The van der Waals surface area contributed by atoms with Crippen LogP contribution in [0.5, 0.6) is 11.5 Å². The van der Waals surface area contributed by atoms with Gasteiger partial charge in [0.2, 0.25) is 10.0 Å². The summed E-state index contributed by atoms with van der Waals surface area (Å²) in [6.07, 6.45) is 0. The number of carbonyl (C=O) groups excluding carboxylic acids is 1. The molecule has 162 valence electrons. The van der Waals surface area contributed by atoms with Gasteiger partial charge in [0.05, 0.1) is 10.5 Å². The van der Waals surface area contributed by atoms with E-state index in [1.807, 2.05) is 0 Å². The number of esters is 1. The third-order valence-corrected chi connectivity index (χ3v) is 5.06. The lowest BCUT2D eigenvalue weighted by Crippen LogP contribution is -2.13. The van der Waals surface area contributed by atoms with E-state index >= 15 is 0 Å². The van der Waals surface area contributed by atoms with E-state index in [2.05, 4.69) is 0 Å². The first kappa shape index (κ1) is 22.3. The number of ether oxygens (including phenoxy) is 3. The summed E-state index contributed by atoms with van der Waals surface area (Å²) in [5.74, 6) is 0.0306. The van der Waals surface area contributed by atoms with Gasteiger partial charge in [-0.05, 0) is 60.2 Å². The van der Waals surface area contributed by atoms with Crippen LogP contribution in [-0.2, 0) is 21.4 Å². The van der Waals surface area contributed by atoms with Gasteiger partial charge in [-0.15, -0.1) is 0 Å². The fourth-order valence-corrected chi connectivity index (χ4v) is 3.08. The number of hydrogen-bond donors (Lipinski definition) is 1. The Morgan fingerprint density at radius 3 is 2.26 bits per heavy atom. The number of primary sulfonamides is 1. The Balaban J connectivity index is 1.46. The standard InChI is InChI=1S/C22H20FNO6S/c23-18-6-4-16(5-7-18)15-30-20-3-1-2-17(14-20)22(25)29-13-12-28-19-8-10-21(11-9-19)31(24,26)27/h1-11,14H,12-13,15H2,(H2,24,26,27). The maximum atomic E-state index is 12.9.